The zero-order chi connectivity index (χ0) is 21.1. The highest BCUT2D eigenvalue weighted by atomic mass is 127. The molecule has 0 N–H and O–H groups in total. The zero-order valence-corrected chi connectivity index (χ0v) is 20.2. The number of nitro benzene ring substituents is 1. The van der Waals surface area contributed by atoms with Crippen molar-refractivity contribution >= 4 is 79.9 Å². The zero-order valence-electron chi connectivity index (χ0n) is 15.1. The number of carbonyl (C=O) groups excluding carboxylic acids is 2. The van der Waals surface area contributed by atoms with E-state index in [1.54, 1.807) is 24.3 Å². The summed E-state index contributed by atoms with van der Waals surface area (Å²) in [5, 5.41) is 10.8. The smallest absolute Gasteiger partial charge is 0.293 e. The Hall–Kier alpha value is -1.67. The van der Waals surface area contributed by atoms with Crippen LogP contribution in [0.2, 0.25) is 0 Å². The lowest BCUT2D eigenvalue weighted by atomic mass is 10.1. The molecule has 0 aliphatic carbocycles. The molecule has 1 aliphatic rings. The van der Waals surface area contributed by atoms with Crippen LogP contribution in [0.1, 0.15) is 18.1 Å². The summed E-state index contributed by atoms with van der Waals surface area (Å²) in [5.41, 5.74) is 0.889. The molecule has 10 heteroatoms. The molecule has 150 valence electrons. The summed E-state index contributed by atoms with van der Waals surface area (Å²) < 4.78 is 7.59. The van der Waals surface area contributed by atoms with Crippen LogP contribution in [0.4, 0.5) is 10.5 Å². The fraction of sp³-hybridized carbons (Fsp3) is 0.158. The maximum Gasteiger partial charge on any atom is 0.293 e. The number of thioether (sulfide) groups is 1. The number of imide groups is 1. The molecule has 3 rings (SSSR count). The minimum Gasteiger partial charge on any atom is -0.492 e. The summed E-state index contributed by atoms with van der Waals surface area (Å²) >= 11 is 5.16. The van der Waals surface area contributed by atoms with Gasteiger partial charge in [0, 0.05) is 20.8 Å². The van der Waals surface area contributed by atoms with Crippen molar-refractivity contribution in [1.29, 1.82) is 0 Å². The van der Waals surface area contributed by atoms with Crippen LogP contribution in [0.3, 0.4) is 0 Å². The van der Waals surface area contributed by atoms with Gasteiger partial charge < -0.3 is 4.74 Å². The van der Waals surface area contributed by atoms with Gasteiger partial charge in [-0.3, -0.25) is 24.6 Å². The third-order valence-corrected chi connectivity index (χ3v) is 6.33. The van der Waals surface area contributed by atoms with E-state index >= 15 is 0 Å². The molecule has 1 heterocycles. The fourth-order valence-electron chi connectivity index (χ4n) is 2.75. The predicted molar refractivity (Wildman–Crippen MR) is 128 cm³/mol. The summed E-state index contributed by atoms with van der Waals surface area (Å²) in [6.07, 6.45) is 1.64. The molecule has 29 heavy (non-hydrogen) atoms. The minimum atomic E-state index is -0.521. The molecule has 1 saturated heterocycles. The fourth-order valence-corrected chi connectivity index (χ4v) is 5.63. The number of nitrogens with zero attached hydrogens (tertiary/aromatic N) is 2. The largest absolute Gasteiger partial charge is 0.492 e. The average Bonchev–Trinajstić information content (AvgIpc) is 2.92. The Morgan fingerprint density at radius 2 is 1.97 bits per heavy atom. The molecule has 0 atom stereocenters. The predicted octanol–water partition coefficient (Wildman–Crippen LogP) is 5.44. The molecule has 7 nitrogen and oxygen atoms in total. The first kappa shape index (κ1) is 22.0. The van der Waals surface area contributed by atoms with Crippen LogP contribution in [-0.4, -0.2) is 27.6 Å². The van der Waals surface area contributed by atoms with Crippen LogP contribution < -0.4 is 4.74 Å². The average molecular weight is 636 g/mol. The molecule has 0 radical (unpaired) electrons. The van der Waals surface area contributed by atoms with Crippen molar-refractivity contribution in [3.63, 3.8) is 0 Å². The van der Waals surface area contributed by atoms with Gasteiger partial charge in [-0.15, -0.1) is 0 Å². The summed E-state index contributed by atoms with van der Waals surface area (Å²) in [5.74, 6) is 0.175. The van der Waals surface area contributed by atoms with Crippen LogP contribution in [0, 0.1) is 17.3 Å². The number of nitro groups is 1. The first-order chi connectivity index (χ1) is 13.8. The Balaban J connectivity index is 1.93. The second-order valence-corrected chi connectivity index (χ2v) is 9.29. The molecule has 0 bridgehead atoms. The Labute approximate surface area is 198 Å². The molecular weight excluding hydrogens is 622 g/mol. The molecule has 0 aromatic heterocycles. The molecule has 2 aromatic rings. The summed E-state index contributed by atoms with van der Waals surface area (Å²) in [6.45, 7) is 2.19. The first-order valence-corrected chi connectivity index (χ1v) is 11.4. The van der Waals surface area contributed by atoms with E-state index in [1.807, 2.05) is 19.1 Å². The monoisotopic (exact) mass is 636 g/mol. The van der Waals surface area contributed by atoms with Crippen molar-refractivity contribution in [2.45, 2.75) is 13.5 Å². The van der Waals surface area contributed by atoms with Gasteiger partial charge in [0.2, 0.25) is 0 Å². The van der Waals surface area contributed by atoms with Gasteiger partial charge in [0.25, 0.3) is 16.8 Å². The van der Waals surface area contributed by atoms with Crippen LogP contribution in [-0.2, 0) is 11.3 Å². The third-order valence-electron chi connectivity index (χ3n) is 4.00. The van der Waals surface area contributed by atoms with Crippen LogP contribution in [0.15, 0.2) is 41.3 Å². The number of hydrogen-bond donors (Lipinski definition) is 0. The van der Waals surface area contributed by atoms with E-state index in [9.17, 15) is 19.7 Å². The molecule has 1 aliphatic heterocycles. The summed E-state index contributed by atoms with van der Waals surface area (Å²) in [6, 6.07) is 9.92. The van der Waals surface area contributed by atoms with E-state index < -0.39 is 16.1 Å². The Morgan fingerprint density at radius 3 is 2.66 bits per heavy atom. The third kappa shape index (κ3) is 4.91. The van der Waals surface area contributed by atoms with Gasteiger partial charge in [0.1, 0.15) is 5.75 Å². The SMILES string of the molecule is CCOc1c(I)cc(I)cc1/C=C1/SC(=O)N(Cc2ccccc2[N+](=O)[O-])C1=O. The molecule has 2 amide bonds. The second kappa shape index (κ2) is 9.43. The highest BCUT2D eigenvalue weighted by Gasteiger charge is 2.36. The van der Waals surface area contributed by atoms with Crippen LogP contribution >= 0.6 is 56.9 Å². The minimum absolute atomic E-state index is 0.124. The Bertz CT molecular complexity index is 1040. The quantitative estimate of drug-likeness (QED) is 0.182. The molecule has 0 spiro atoms. The van der Waals surface area contributed by atoms with Crippen molar-refractivity contribution in [3.8, 4) is 5.75 Å². The van der Waals surface area contributed by atoms with Crippen molar-refractivity contribution in [3.05, 3.63) is 69.7 Å². The normalized spacial score (nSPS) is 15.3. The van der Waals surface area contributed by atoms with Crippen molar-refractivity contribution < 1.29 is 19.2 Å². The lowest BCUT2D eigenvalue weighted by molar-refractivity contribution is -0.385. The number of rotatable bonds is 6. The highest BCUT2D eigenvalue weighted by molar-refractivity contribution is 14.1. The van der Waals surface area contributed by atoms with Gasteiger partial charge in [-0.05, 0) is 82.1 Å². The second-order valence-electron chi connectivity index (χ2n) is 5.89. The molecule has 2 aromatic carbocycles. The first-order valence-electron chi connectivity index (χ1n) is 8.41. The lowest BCUT2D eigenvalue weighted by Crippen LogP contribution is -2.27. The Kier molecular flexibility index (Phi) is 7.16. The van der Waals surface area contributed by atoms with E-state index in [-0.39, 0.29) is 17.1 Å². The maximum atomic E-state index is 12.8. The van der Waals surface area contributed by atoms with E-state index in [2.05, 4.69) is 45.2 Å². The van der Waals surface area contributed by atoms with E-state index in [0.29, 0.717) is 23.5 Å². The molecule has 1 fully saturated rings. The number of carbonyl (C=O) groups is 2. The van der Waals surface area contributed by atoms with Crippen molar-refractivity contribution in [1.82, 2.24) is 4.90 Å². The molecule has 0 saturated carbocycles. The van der Waals surface area contributed by atoms with Gasteiger partial charge >= 0.3 is 0 Å². The van der Waals surface area contributed by atoms with Gasteiger partial charge in [-0.25, -0.2) is 0 Å². The van der Waals surface area contributed by atoms with Crippen molar-refractivity contribution in [2.75, 3.05) is 6.61 Å². The van der Waals surface area contributed by atoms with Crippen LogP contribution in [0.25, 0.3) is 6.08 Å². The number of halogens is 2. The summed E-state index contributed by atoms with van der Waals surface area (Å²) in [4.78, 5) is 37.3. The van der Waals surface area contributed by atoms with Crippen LogP contribution in [0.5, 0.6) is 5.75 Å². The van der Waals surface area contributed by atoms with Gasteiger partial charge in [-0.1, -0.05) is 18.2 Å². The standard InChI is InChI=1S/C19H14I2N2O5S/c1-2-28-17-12(7-13(20)9-14(17)21)8-16-18(24)22(19(25)29-16)10-11-5-3-4-6-15(11)23(26)27/h3-9H,2,10H2,1H3/b16-8+. The Morgan fingerprint density at radius 1 is 1.24 bits per heavy atom. The van der Waals surface area contributed by atoms with E-state index in [0.717, 1.165) is 23.8 Å². The van der Waals surface area contributed by atoms with Crippen molar-refractivity contribution in [2.24, 2.45) is 0 Å². The topological polar surface area (TPSA) is 89.8 Å². The number of benzene rings is 2. The van der Waals surface area contributed by atoms with E-state index in [1.165, 1.54) is 6.07 Å². The lowest BCUT2D eigenvalue weighted by Gasteiger charge is -2.13. The molecular formula is C19H14I2N2O5S. The number of ether oxygens (including phenoxy) is 1. The number of amides is 2. The van der Waals surface area contributed by atoms with Gasteiger partial charge in [-0.2, -0.15) is 0 Å². The molecule has 0 unspecified atom stereocenters. The highest BCUT2D eigenvalue weighted by Crippen LogP contribution is 2.37. The van der Waals surface area contributed by atoms with E-state index in [4.69, 9.17) is 4.74 Å². The summed E-state index contributed by atoms with van der Waals surface area (Å²) in [7, 11) is 0. The number of para-hydroxylation sites is 1. The van der Waals surface area contributed by atoms with Gasteiger partial charge in [0.05, 0.1) is 26.6 Å². The number of hydrogen-bond acceptors (Lipinski definition) is 6. The van der Waals surface area contributed by atoms with Gasteiger partial charge in [0.15, 0.2) is 0 Å². The maximum absolute atomic E-state index is 12.8.